The van der Waals surface area contributed by atoms with Crippen molar-refractivity contribution in [2.45, 2.75) is 41.5 Å². The van der Waals surface area contributed by atoms with Gasteiger partial charge in [-0.1, -0.05) is 35.5 Å². The van der Waals surface area contributed by atoms with Gasteiger partial charge in [0.05, 0.1) is 6.42 Å². The zero-order chi connectivity index (χ0) is 28.9. The van der Waals surface area contributed by atoms with Gasteiger partial charge in [0.1, 0.15) is 15.8 Å². The normalized spacial score (nSPS) is 25.6. The van der Waals surface area contributed by atoms with E-state index in [1.54, 1.807) is 24.3 Å². The average Bonchev–Trinajstić information content (AvgIpc) is 3.25. The summed E-state index contributed by atoms with van der Waals surface area (Å²) in [7, 11) is -2.19. The Morgan fingerprint density at radius 3 is 2.48 bits per heavy atom. The van der Waals surface area contributed by atoms with Crippen LogP contribution < -0.4 is 4.72 Å². The van der Waals surface area contributed by atoms with Crippen LogP contribution in [0.5, 0.6) is 0 Å². The lowest BCUT2D eigenvalue weighted by atomic mass is 10.0. The number of aliphatic carboxylic acids is 1. The fourth-order valence-electron chi connectivity index (χ4n) is 4.91. The molecule has 15 heteroatoms. The highest BCUT2D eigenvalue weighted by atomic mass is 32.3. The Morgan fingerprint density at radius 1 is 1.20 bits per heavy atom. The molecule has 1 saturated heterocycles. The van der Waals surface area contributed by atoms with Gasteiger partial charge in [0.15, 0.2) is 0 Å². The number of benzene rings is 1. The second kappa shape index (κ2) is 10.5. The number of carbonyl (C=O) groups excluding carboxylic acids is 1. The van der Waals surface area contributed by atoms with Crippen LogP contribution in [0.1, 0.15) is 41.3 Å². The number of carbonyl (C=O) groups is 2. The van der Waals surface area contributed by atoms with Gasteiger partial charge in [-0.3, -0.25) is 9.59 Å². The summed E-state index contributed by atoms with van der Waals surface area (Å²) in [6.45, 7) is 2.96. The largest absolute Gasteiger partial charge is 0.480 e. The Balaban J connectivity index is 1.22. The van der Waals surface area contributed by atoms with E-state index >= 15 is 0 Å². The summed E-state index contributed by atoms with van der Waals surface area (Å²) in [5.74, 6) is -3.22. The number of sulfonamides is 1. The van der Waals surface area contributed by atoms with Crippen LogP contribution in [0.2, 0.25) is 0 Å². The minimum Gasteiger partial charge on any atom is -0.480 e. The maximum atomic E-state index is 13.2. The molecular formula is C25H27F3N4O6S2. The van der Waals surface area contributed by atoms with Gasteiger partial charge >= 0.3 is 12.1 Å². The van der Waals surface area contributed by atoms with Gasteiger partial charge in [0, 0.05) is 43.1 Å². The molecule has 216 valence electrons. The Morgan fingerprint density at radius 2 is 1.88 bits per heavy atom. The van der Waals surface area contributed by atoms with Crippen LogP contribution in [0, 0.1) is 0 Å². The summed E-state index contributed by atoms with van der Waals surface area (Å²) in [5.41, 5.74) is -0.478. The number of allylic oxidation sites excluding steroid dienone is 1. The van der Waals surface area contributed by atoms with E-state index < -0.39 is 44.0 Å². The molecule has 40 heavy (non-hydrogen) atoms. The number of hydrogen-bond acceptors (Lipinski definition) is 8. The molecule has 1 aromatic heterocycles. The van der Waals surface area contributed by atoms with Crippen molar-refractivity contribution in [1.82, 2.24) is 19.7 Å². The summed E-state index contributed by atoms with van der Waals surface area (Å²) < 4.78 is 70.3. The number of nitrogens with zero attached hydrogens (tertiary/aromatic N) is 3. The number of likely N-dealkylation sites (N-methyl/N-ethyl adjacent to an activating group) is 1. The van der Waals surface area contributed by atoms with Crippen molar-refractivity contribution < 1.29 is 40.8 Å². The fraction of sp³-hybridized carbons (Fsp3) is 0.480. The first-order valence-corrected chi connectivity index (χ1v) is 14.9. The van der Waals surface area contributed by atoms with Crippen LogP contribution in [-0.2, 0) is 32.2 Å². The highest BCUT2D eigenvalue weighted by Gasteiger charge is 2.63. The number of alkyl halides is 3. The maximum absolute atomic E-state index is 13.2. The topological polar surface area (TPSA) is 133 Å². The molecule has 1 aliphatic carbocycles. The molecule has 1 aromatic carbocycles. The van der Waals surface area contributed by atoms with Crippen molar-refractivity contribution in [2.24, 2.45) is 0 Å². The molecule has 10 nitrogen and oxygen atoms in total. The number of amides is 1. The van der Waals surface area contributed by atoms with Gasteiger partial charge in [-0.15, -0.1) is 11.8 Å². The van der Waals surface area contributed by atoms with Gasteiger partial charge in [-0.05, 0) is 31.0 Å². The molecule has 3 heterocycles. The minimum atomic E-state index is -4.73. The van der Waals surface area contributed by atoms with Gasteiger partial charge in [0.2, 0.25) is 21.7 Å². The van der Waals surface area contributed by atoms with Crippen molar-refractivity contribution in [3.05, 3.63) is 59.0 Å². The first-order valence-electron chi connectivity index (χ1n) is 12.5. The van der Waals surface area contributed by atoms with Crippen LogP contribution >= 0.6 is 11.8 Å². The van der Waals surface area contributed by atoms with E-state index in [9.17, 15) is 36.3 Å². The Hall–Kier alpha value is -2.88. The lowest BCUT2D eigenvalue weighted by Gasteiger charge is -2.32. The molecule has 0 radical (unpaired) electrons. The van der Waals surface area contributed by atoms with Crippen LogP contribution in [0.4, 0.5) is 13.2 Å². The molecule has 2 aromatic rings. The molecule has 1 unspecified atom stereocenters. The molecular weight excluding hydrogens is 573 g/mol. The third-order valence-corrected chi connectivity index (χ3v) is 11.1. The van der Waals surface area contributed by atoms with Crippen molar-refractivity contribution >= 4 is 38.6 Å². The lowest BCUT2D eigenvalue weighted by molar-refractivity contribution is -0.155. The molecule has 0 bridgehead atoms. The van der Waals surface area contributed by atoms with Crippen LogP contribution in [-0.4, -0.2) is 83.7 Å². The summed E-state index contributed by atoms with van der Waals surface area (Å²) >= 11 is 0.781. The van der Waals surface area contributed by atoms with E-state index in [2.05, 4.69) is 19.3 Å². The van der Waals surface area contributed by atoms with Gasteiger partial charge in [-0.2, -0.15) is 17.9 Å². The summed E-state index contributed by atoms with van der Waals surface area (Å²) in [6.07, 6.45) is -3.07. The first-order chi connectivity index (χ1) is 18.8. The Kier molecular flexibility index (Phi) is 7.52. The summed E-state index contributed by atoms with van der Waals surface area (Å²) in [6, 6.07) is 7.61. The number of hydrogen-bond donors (Lipinski definition) is 2. The quantitative estimate of drug-likeness (QED) is 0.469. The fourth-order valence-corrected chi connectivity index (χ4v) is 8.06. The molecule has 1 amide bonds. The third kappa shape index (κ3) is 5.78. The van der Waals surface area contributed by atoms with E-state index in [1.807, 2.05) is 11.9 Å². The van der Waals surface area contributed by atoms with Crippen LogP contribution in [0.3, 0.4) is 0 Å². The van der Waals surface area contributed by atoms with Gasteiger partial charge < -0.3 is 19.4 Å². The highest BCUT2D eigenvalue weighted by molar-refractivity contribution is 8.18. The van der Waals surface area contributed by atoms with Crippen molar-refractivity contribution in [2.75, 3.05) is 33.2 Å². The maximum Gasteiger partial charge on any atom is 0.452 e. The van der Waals surface area contributed by atoms with E-state index in [-0.39, 0.29) is 35.8 Å². The SMILES string of the molecule is CN1CCN(C(=O)Cc2ccc([C@@H]3C[C@]3(NS(=O)(=O)C3CC=C(c4cc(C(F)(F)F)on4)S3)C(=O)O)cc2)CC1. The second-order valence-corrected chi connectivity index (χ2v) is 13.6. The molecule has 5 rings (SSSR count). The smallest absolute Gasteiger partial charge is 0.452 e. The molecule has 2 aliphatic heterocycles. The number of thioether (sulfide) groups is 1. The summed E-state index contributed by atoms with van der Waals surface area (Å²) in [4.78, 5) is 29.0. The van der Waals surface area contributed by atoms with Crippen LogP contribution in [0.25, 0.3) is 4.91 Å². The molecule has 1 saturated carbocycles. The minimum absolute atomic E-state index is 0.0159. The second-order valence-electron chi connectivity index (χ2n) is 10.2. The summed E-state index contributed by atoms with van der Waals surface area (Å²) in [5, 5.41) is 13.3. The number of carboxylic acid groups (broad SMARTS) is 1. The molecule has 2 fully saturated rings. The number of nitrogens with one attached hydrogen (secondary N) is 1. The number of halogens is 3. The number of rotatable bonds is 8. The molecule has 2 N–H and O–H groups in total. The molecule has 3 aliphatic rings. The van der Waals surface area contributed by atoms with Crippen molar-refractivity contribution in [1.29, 1.82) is 0 Å². The molecule has 3 atom stereocenters. The number of aromatic nitrogens is 1. The average molecular weight is 601 g/mol. The number of piperazine rings is 1. The monoisotopic (exact) mass is 600 g/mol. The van der Waals surface area contributed by atoms with Gasteiger partial charge in [0.25, 0.3) is 0 Å². The first kappa shape index (κ1) is 28.6. The standard InChI is InChI=1S/C25H27F3N4O6S2/c1-31-8-10-32(11-9-31)21(33)12-15-2-4-16(5-3-15)17-14-24(17,23(34)35)30-40(36,37)22-7-6-19(39-22)18-13-20(38-29-18)25(26,27)28/h2-6,13,17,22,30H,7-12,14H2,1H3,(H,34,35)/t17-,22?,24+/m0/s1. The highest BCUT2D eigenvalue weighted by Crippen LogP contribution is 2.53. The van der Waals surface area contributed by atoms with E-state index in [4.69, 9.17) is 0 Å². The van der Waals surface area contributed by atoms with Crippen molar-refractivity contribution in [3.8, 4) is 0 Å². The molecule has 0 spiro atoms. The Bertz CT molecular complexity index is 1440. The van der Waals surface area contributed by atoms with E-state index in [0.29, 0.717) is 24.7 Å². The predicted octanol–water partition coefficient (Wildman–Crippen LogP) is 2.74. The van der Waals surface area contributed by atoms with E-state index in [0.717, 1.165) is 30.4 Å². The zero-order valence-corrected chi connectivity index (χ0v) is 23.0. The lowest BCUT2D eigenvalue weighted by Crippen LogP contribution is -2.47. The van der Waals surface area contributed by atoms with Crippen molar-refractivity contribution in [3.63, 3.8) is 0 Å². The van der Waals surface area contributed by atoms with E-state index in [1.165, 1.54) is 6.08 Å². The van der Waals surface area contributed by atoms with Crippen LogP contribution in [0.15, 0.2) is 40.9 Å². The van der Waals surface area contributed by atoms with Gasteiger partial charge in [-0.25, -0.2) is 8.42 Å². The third-order valence-electron chi connectivity index (χ3n) is 7.40. The number of carboxylic acids is 1. The zero-order valence-electron chi connectivity index (χ0n) is 21.3. The predicted molar refractivity (Wildman–Crippen MR) is 139 cm³/mol. The Labute approximate surface area is 232 Å².